The summed E-state index contributed by atoms with van der Waals surface area (Å²) in [5.74, 6) is 0.921. The number of nitrogens with one attached hydrogen (secondary N) is 1. The van der Waals surface area contributed by atoms with Gasteiger partial charge in [-0.05, 0) is 26.2 Å². The van der Waals surface area contributed by atoms with Crippen LogP contribution < -0.4 is 5.32 Å². The lowest BCUT2D eigenvalue weighted by atomic mass is 10.2. The minimum atomic E-state index is 0.0821. The maximum absolute atomic E-state index is 12.3. The van der Waals surface area contributed by atoms with E-state index in [2.05, 4.69) is 17.2 Å². The van der Waals surface area contributed by atoms with Crippen LogP contribution in [0.4, 0.5) is 5.95 Å². The fraction of sp³-hybridized carbons (Fsp3) is 0.667. The molecule has 0 radical (unpaired) electrons. The maximum Gasteiger partial charge on any atom is 0.274 e. The van der Waals surface area contributed by atoms with Crippen LogP contribution in [0.2, 0.25) is 0 Å². The summed E-state index contributed by atoms with van der Waals surface area (Å²) in [5, 5.41) is 3.22. The number of aryl methyl sites for hydroxylation is 1. The predicted molar refractivity (Wildman–Crippen MR) is 65.1 cm³/mol. The lowest BCUT2D eigenvalue weighted by Gasteiger charge is -2.19. The molecule has 2 aliphatic rings. The number of aromatic nitrogens is 2. The molecule has 1 aromatic heterocycles. The van der Waals surface area contributed by atoms with Gasteiger partial charge in [-0.1, -0.05) is 0 Å². The van der Waals surface area contributed by atoms with Gasteiger partial charge in [-0.3, -0.25) is 4.79 Å². The van der Waals surface area contributed by atoms with Gasteiger partial charge in [0.25, 0.3) is 5.91 Å². The number of nitrogens with zero attached hydrogens (tertiary/aromatic N) is 3. The van der Waals surface area contributed by atoms with Gasteiger partial charge in [-0.25, -0.2) is 4.98 Å². The zero-order valence-electron chi connectivity index (χ0n) is 10.1. The first-order chi connectivity index (χ1) is 8.25. The number of imidazole rings is 1. The quantitative estimate of drug-likeness (QED) is 0.797. The molecule has 2 aliphatic heterocycles. The van der Waals surface area contributed by atoms with Gasteiger partial charge in [0.1, 0.15) is 5.69 Å². The largest absolute Gasteiger partial charge is 0.356 e. The van der Waals surface area contributed by atoms with Crippen LogP contribution in [0.25, 0.3) is 0 Å². The van der Waals surface area contributed by atoms with Crippen LogP contribution in [-0.2, 0) is 6.54 Å². The number of likely N-dealkylation sites (tertiary alicyclic amines) is 1. The molecule has 5 heteroatoms. The minimum absolute atomic E-state index is 0.0821. The second kappa shape index (κ2) is 4.05. The molecular weight excluding hydrogens is 216 g/mol. The van der Waals surface area contributed by atoms with E-state index >= 15 is 0 Å². The molecule has 0 aliphatic carbocycles. The Labute approximate surface area is 101 Å². The van der Waals surface area contributed by atoms with Crippen molar-refractivity contribution < 1.29 is 4.79 Å². The van der Waals surface area contributed by atoms with Crippen molar-refractivity contribution in [1.29, 1.82) is 0 Å². The summed E-state index contributed by atoms with van der Waals surface area (Å²) in [7, 11) is 0. The molecule has 0 bridgehead atoms. The SMILES string of the molecule is CC1CCCN1C(=O)c1cn2c(n1)NCCC2. The zero-order valence-corrected chi connectivity index (χ0v) is 10.1. The Morgan fingerprint density at radius 2 is 2.35 bits per heavy atom. The Bertz CT molecular complexity index is 416. The van der Waals surface area contributed by atoms with Crippen molar-refractivity contribution in [2.45, 2.75) is 38.8 Å². The smallest absolute Gasteiger partial charge is 0.274 e. The normalized spacial score (nSPS) is 23.4. The second-order valence-electron chi connectivity index (χ2n) is 4.91. The molecule has 3 heterocycles. The van der Waals surface area contributed by atoms with Crippen LogP contribution in [-0.4, -0.2) is 39.5 Å². The summed E-state index contributed by atoms with van der Waals surface area (Å²) in [6.45, 7) is 4.89. The van der Waals surface area contributed by atoms with Gasteiger partial charge in [0.05, 0.1) is 0 Å². The highest BCUT2D eigenvalue weighted by Crippen LogP contribution is 2.21. The molecule has 92 valence electrons. The first-order valence-electron chi connectivity index (χ1n) is 6.38. The lowest BCUT2D eigenvalue weighted by molar-refractivity contribution is 0.0742. The average molecular weight is 234 g/mol. The Kier molecular flexibility index (Phi) is 2.53. The van der Waals surface area contributed by atoms with Gasteiger partial charge in [0, 0.05) is 31.9 Å². The molecule has 1 amide bonds. The molecule has 1 unspecified atom stereocenters. The molecule has 0 aromatic carbocycles. The molecule has 17 heavy (non-hydrogen) atoms. The first-order valence-corrected chi connectivity index (χ1v) is 6.38. The summed E-state index contributed by atoms with van der Waals surface area (Å²) < 4.78 is 2.04. The second-order valence-corrected chi connectivity index (χ2v) is 4.91. The monoisotopic (exact) mass is 234 g/mol. The number of carbonyl (C=O) groups excluding carboxylic acids is 1. The highest BCUT2D eigenvalue weighted by molar-refractivity contribution is 5.93. The van der Waals surface area contributed by atoms with Gasteiger partial charge < -0.3 is 14.8 Å². The van der Waals surface area contributed by atoms with E-state index in [4.69, 9.17) is 0 Å². The van der Waals surface area contributed by atoms with Crippen LogP contribution >= 0.6 is 0 Å². The number of fused-ring (bicyclic) bond motifs is 1. The van der Waals surface area contributed by atoms with Crippen LogP contribution in [0.1, 0.15) is 36.7 Å². The number of amides is 1. The van der Waals surface area contributed by atoms with E-state index in [1.165, 1.54) is 0 Å². The molecule has 1 aromatic rings. The van der Waals surface area contributed by atoms with Crippen molar-refractivity contribution in [3.05, 3.63) is 11.9 Å². The fourth-order valence-corrected chi connectivity index (χ4v) is 2.66. The van der Waals surface area contributed by atoms with E-state index < -0.39 is 0 Å². The van der Waals surface area contributed by atoms with Crippen molar-refractivity contribution in [3.8, 4) is 0 Å². The summed E-state index contributed by atoms with van der Waals surface area (Å²) in [5.41, 5.74) is 0.586. The summed E-state index contributed by atoms with van der Waals surface area (Å²) in [6.07, 6.45) is 5.20. The highest BCUT2D eigenvalue weighted by Gasteiger charge is 2.28. The molecule has 5 nitrogen and oxygen atoms in total. The van der Waals surface area contributed by atoms with Crippen LogP contribution in [0.5, 0.6) is 0 Å². The predicted octanol–water partition coefficient (Wildman–Crippen LogP) is 1.32. The third-order valence-electron chi connectivity index (χ3n) is 3.67. The van der Waals surface area contributed by atoms with Crippen molar-refractivity contribution in [2.24, 2.45) is 0 Å². The molecule has 3 rings (SSSR count). The van der Waals surface area contributed by atoms with E-state index in [0.29, 0.717) is 11.7 Å². The molecular formula is C12H18N4O. The van der Waals surface area contributed by atoms with E-state index in [9.17, 15) is 4.79 Å². The lowest BCUT2D eigenvalue weighted by Crippen LogP contribution is -2.33. The minimum Gasteiger partial charge on any atom is -0.356 e. The number of hydrogen-bond donors (Lipinski definition) is 1. The Morgan fingerprint density at radius 3 is 3.06 bits per heavy atom. The third kappa shape index (κ3) is 1.79. The molecule has 1 atom stereocenters. The van der Waals surface area contributed by atoms with Gasteiger partial charge in [-0.15, -0.1) is 0 Å². The first kappa shape index (κ1) is 10.6. The topological polar surface area (TPSA) is 50.2 Å². The van der Waals surface area contributed by atoms with Crippen molar-refractivity contribution >= 4 is 11.9 Å². The standard InChI is InChI=1S/C12H18N4O/c1-9-4-2-7-16(9)11(17)10-8-15-6-3-5-13-12(15)14-10/h8-9H,2-7H2,1H3,(H,13,14). The van der Waals surface area contributed by atoms with Crippen molar-refractivity contribution in [2.75, 3.05) is 18.4 Å². The van der Waals surface area contributed by atoms with Crippen molar-refractivity contribution in [1.82, 2.24) is 14.5 Å². The third-order valence-corrected chi connectivity index (χ3v) is 3.67. The van der Waals surface area contributed by atoms with Gasteiger partial charge >= 0.3 is 0 Å². The molecule has 1 saturated heterocycles. The fourth-order valence-electron chi connectivity index (χ4n) is 2.66. The molecule has 1 N–H and O–H groups in total. The van der Waals surface area contributed by atoms with Crippen LogP contribution in [0.15, 0.2) is 6.20 Å². The number of anilines is 1. The Morgan fingerprint density at radius 1 is 1.47 bits per heavy atom. The van der Waals surface area contributed by atoms with Gasteiger partial charge in [-0.2, -0.15) is 0 Å². The van der Waals surface area contributed by atoms with Gasteiger partial charge in [0.2, 0.25) is 5.95 Å². The maximum atomic E-state index is 12.3. The average Bonchev–Trinajstić information content (AvgIpc) is 2.93. The molecule has 1 fully saturated rings. The number of rotatable bonds is 1. The Hall–Kier alpha value is -1.52. The summed E-state index contributed by atoms with van der Waals surface area (Å²) in [6, 6.07) is 0.356. The summed E-state index contributed by atoms with van der Waals surface area (Å²) >= 11 is 0. The zero-order chi connectivity index (χ0) is 11.8. The Balaban J connectivity index is 1.83. The number of hydrogen-bond acceptors (Lipinski definition) is 3. The molecule has 0 spiro atoms. The van der Waals surface area contributed by atoms with Crippen molar-refractivity contribution in [3.63, 3.8) is 0 Å². The van der Waals surface area contributed by atoms with Crippen LogP contribution in [0.3, 0.4) is 0 Å². The van der Waals surface area contributed by atoms with E-state index in [1.54, 1.807) is 0 Å². The molecule has 0 saturated carbocycles. The van der Waals surface area contributed by atoms with Gasteiger partial charge in [0.15, 0.2) is 0 Å². The number of carbonyl (C=O) groups is 1. The van der Waals surface area contributed by atoms with Crippen LogP contribution in [0, 0.1) is 0 Å². The van der Waals surface area contributed by atoms with E-state index in [-0.39, 0.29) is 5.91 Å². The van der Waals surface area contributed by atoms with E-state index in [1.807, 2.05) is 15.7 Å². The summed E-state index contributed by atoms with van der Waals surface area (Å²) in [4.78, 5) is 18.6. The van der Waals surface area contributed by atoms with E-state index in [0.717, 1.165) is 44.8 Å². The highest BCUT2D eigenvalue weighted by atomic mass is 16.2.